The van der Waals surface area contributed by atoms with Gasteiger partial charge in [-0.2, -0.15) is 0 Å². The Morgan fingerprint density at radius 2 is 1.88 bits per heavy atom. The standard InChI is InChI=1S/C14H10ClN3O8/c1-7(25-14(20)11-4-5-12(26-11)18(23)24)13(19)16-10-3-2-8(17(21)22)6-9(10)15/h2-7H,1H3,(H,16,19)/t7-/m0/s1. The number of rotatable bonds is 6. The zero-order valence-corrected chi connectivity index (χ0v) is 13.8. The van der Waals surface area contributed by atoms with E-state index in [1.807, 2.05) is 0 Å². The molecule has 0 unspecified atom stereocenters. The number of anilines is 1. The van der Waals surface area contributed by atoms with E-state index in [4.69, 9.17) is 16.3 Å². The number of ether oxygens (including phenoxy) is 1. The summed E-state index contributed by atoms with van der Waals surface area (Å²) in [6.07, 6.45) is -1.29. The lowest BCUT2D eigenvalue weighted by molar-refractivity contribution is -0.402. The van der Waals surface area contributed by atoms with Gasteiger partial charge in [-0.05, 0) is 19.1 Å². The molecule has 0 spiro atoms. The Hall–Kier alpha value is -3.47. The van der Waals surface area contributed by atoms with Gasteiger partial charge in [-0.15, -0.1) is 0 Å². The van der Waals surface area contributed by atoms with Crippen LogP contribution in [0.15, 0.2) is 34.7 Å². The molecule has 1 heterocycles. The minimum atomic E-state index is -1.29. The molecule has 0 bridgehead atoms. The van der Waals surface area contributed by atoms with Crippen LogP contribution in [-0.2, 0) is 9.53 Å². The van der Waals surface area contributed by atoms with Gasteiger partial charge in [0.25, 0.3) is 11.6 Å². The molecule has 0 fully saturated rings. The van der Waals surface area contributed by atoms with Crippen LogP contribution in [0.3, 0.4) is 0 Å². The highest BCUT2D eigenvalue weighted by Crippen LogP contribution is 2.27. The summed E-state index contributed by atoms with van der Waals surface area (Å²) in [6.45, 7) is 1.25. The third-order valence-corrected chi connectivity index (χ3v) is 3.36. The van der Waals surface area contributed by atoms with E-state index in [9.17, 15) is 29.8 Å². The molecule has 11 nitrogen and oxygen atoms in total. The summed E-state index contributed by atoms with van der Waals surface area (Å²) < 4.78 is 9.52. The largest absolute Gasteiger partial charge is 0.447 e. The fraction of sp³-hybridized carbons (Fsp3) is 0.143. The number of halogens is 1. The number of nitro benzene ring substituents is 1. The summed E-state index contributed by atoms with van der Waals surface area (Å²) in [6, 6.07) is 5.43. The maximum Gasteiger partial charge on any atom is 0.433 e. The summed E-state index contributed by atoms with van der Waals surface area (Å²) in [4.78, 5) is 43.5. The van der Waals surface area contributed by atoms with Crippen molar-refractivity contribution in [1.82, 2.24) is 0 Å². The highest BCUT2D eigenvalue weighted by molar-refractivity contribution is 6.34. The van der Waals surface area contributed by atoms with Gasteiger partial charge in [-0.25, -0.2) is 4.79 Å². The quantitative estimate of drug-likeness (QED) is 0.453. The van der Waals surface area contributed by atoms with Crippen LogP contribution >= 0.6 is 11.6 Å². The number of hydrogen-bond donors (Lipinski definition) is 1. The number of non-ortho nitro benzene ring substituents is 1. The lowest BCUT2D eigenvalue weighted by atomic mass is 10.2. The Balaban J connectivity index is 2.01. The van der Waals surface area contributed by atoms with Crippen LogP contribution in [0.25, 0.3) is 0 Å². The van der Waals surface area contributed by atoms with E-state index in [0.29, 0.717) is 0 Å². The summed E-state index contributed by atoms with van der Waals surface area (Å²) >= 11 is 5.85. The fourth-order valence-electron chi connectivity index (χ4n) is 1.76. The Morgan fingerprint density at radius 1 is 1.19 bits per heavy atom. The molecule has 0 aliphatic heterocycles. The van der Waals surface area contributed by atoms with Gasteiger partial charge >= 0.3 is 11.9 Å². The molecule has 0 saturated carbocycles. The normalized spacial score (nSPS) is 11.5. The molecule has 2 aromatic rings. The zero-order valence-electron chi connectivity index (χ0n) is 13.0. The number of nitro groups is 2. The van der Waals surface area contributed by atoms with Crippen LogP contribution in [0.1, 0.15) is 17.5 Å². The van der Waals surface area contributed by atoms with Crippen molar-refractivity contribution in [3.63, 3.8) is 0 Å². The lowest BCUT2D eigenvalue weighted by Gasteiger charge is -2.13. The number of nitrogens with zero attached hydrogens (tertiary/aromatic N) is 2. The third-order valence-electron chi connectivity index (χ3n) is 3.05. The Kier molecular flexibility index (Phi) is 5.52. The van der Waals surface area contributed by atoms with Gasteiger partial charge in [0.1, 0.15) is 4.92 Å². The molecular weight excluding hydrogens is 374 g/mol. The molecule has 1 N–H and O–H groups in total. The molecular formula is C14H10ClN3O8. The molecule has 2 rings (SSSR count). The van der Waals surface area contributed by atoms with E-state index >= 15 is 0 Å². The maximum atomic E-state index is 12.0. The van der Waals surface area contributed by atoms with Gasteiger partial charge in [-0.1, -0.05) is 11.6 Å². The van der Waals surface area contributed by atoms with Crippen molar-refractivity contribution in [2.75, 3.05) is 5.32 Å². The van der Waals surface area contributed by atoms with E-state index in [1.54, 1.807) is 0 Å². The first-order valence-electron chi connectivity index (χ1n) is 6.89. The average Bonchev–Trinajstić information content (AvgIpc) is 3.06. The van der Waals surface area contributed by atoms with Crippen molar-refractivity contribution >= 4 is 40.7 Å². The predicted octanol–water partition coefficient (Wildman–Crippen LogP) is 2.93. The van der Waals surface area contributed by atoms with E-state index < -0.39 is 39.5 Å². The molecule has 136 valence electrons. The van der Waals surface area contributed by atoms with Crippen LogP contribution in [-0.4, -0.2) is 27.8 Å². The summed E-state index contributed by atoms with van der Waals surface area (Å²) in [5.41, 5.74) is -0.175. The number of hydrogen-bond acceptors (Lipinski definition) is 8. The molecule has 1 aromatic carbocycles. The van der Waals surface area contributed by atoms with E-state index in [0.717, 1.165) is 24.3 Å². The predicted molar refractivity (Wildman–Crippen MR) is 87.0 cm³/mol. The minimum absolute atomic E-state index is 0.0762. The number of furan rings is 1. The molecule has 12 heteroatoms. The van der Waals surface area contributed by atoms with E-state index in [-0.39, 0.29) is 16.4 Å². The summed E-state index contributed by atoms with van der Waals surface area (Å²) in [5, 5.41) is 23.4. The van der Waals surface area contributed by atoms with Crippen molar-refractivity contribution in [1.29, 1.82) is 0 Å². The molecule has 0 saturated heterocycles. The second kappa shape index (κ2) is 7.61. The molecule has 1 amide bonds. The Bertz CT molecular complexity index is 894. The van der Waals surface area contributed by atoms with Crippen molar-refractivity contribution in [3.8, 4) is 0 Å². The van der Waals surface area contributed by atoms with Gasteiger partial charge in [0.15, 0.2) is 6.10 Å². The smallest absolute Gasteiger partial charge is 0.433 e. The number of nitrogens with one attached hydrogen (secondary N) is 1. The Morgan fingerprint density at radius 3 is 2.42 bits per heavy atom. The Labute approximate surface area is 149 Å². The third kappa shape index (κ3) is 4.33. The summed E-state index contributed by atoms with van der Waals surface area (Å²) in [5.74, 6) is -2.93. The van der Waals surface area contributed by atoms with Gasteiger partial charge < -0.3 is 14.5 Å². The van der Waals surface area contributed by atoms with Crippen LogP contribution in [0, 0.1) is 20.2 Å². The second-order valence-electron chi connectivity index (χ2n) is 4.85. The van der Waals surface area contributed by atoms with Gasteiger partial charge in [-0.3, -0.25) is 25.0 Å². The first-order valence-corrected chi connectivity index (χ1v) is 7.27. The van der Waals surface area contributed by atoms with Crippen LogP contribution in [0.2, 0.25) is 5.02 Å². The molecule has 1 aromatic heterocycles. The number of esters is 1. The van der Waals surface area contributed by atoms with Gasteiger partial charge in [0.2, 0.25) is 5.76 Å². The highest BCUT2D eigenvalue weighted by Gasteiger charge is 2.24. The number of carbonyl (C=O) groups is 2. The monoisotopic (exact) mass is 383 g/mol. The molecule has 0 radical (unpaired) electrons. The lowest BCUT2D eigenvalue weighted by Crippen LogP contribution is -2.30. The number of carbonyl (C=O) groups excluding carboxylic acids is 2. The van der Waals surface area contributed by atoms with Crippen molar-refractivity contribution in [2.24, 2.45) is 0 Å². The van der Waals surface area contributed by atoms with Crippen molar-refractivity contribution < 1.29 is 28.6 Å². The maximum absolute atomic E-state index is 12.0. The fourth-order valence-corrected chi connectivity index (χ4v) is 1.98. The van der Waals surface area contributed by atoms with Crippen LogP contribution in [0.5, 0.6) is 0 Å². The van der Waals surface area contributed by atoms with E-state index in [2.05, 4.69) is 9.73 Å². The molecule has 26 heavy (non-hydrogen) atoms. The minimum Gasteiger partial charge on any atom is -0.447 e. The first-order chi connectivity index (χ1) is 12.2. The zero-order chi connectivity index (χ0) is 19.4. The SMILES string of the molecule is C[C@H](OC(=O)c1ccc([N+](=O)[O-])o1)C(=O)Nc1ccc([N+](=O)[O-])cc1Cl. The van der Waals surface area contributed by atoms with Crippen molar-refractivity contribution in [3.05, 3.63) is 61.3 Å². The molecule has 1 atom stereocenters. The van der Waals surface area contributed by atoms with Crippen LogP contribution in [0.4, 0.5) is 17.3 Å². The van der Waals surface area contributed by atoms with Crippen molar-refractivity contribution in [2.45, 2.75) is 13.0 Å². The van der Waals surface area contributed by atoms with E-state index in [1.165, 1.54) is 13.0 Å². The first kappa shape index (κ1) is 18.9. The summed E-state index contributed by atoms with van der Waals surface area (Å²) in [7, 11) is 0. The van der Waals surface area contributed by atoms with Crippen LogP contribution < -0.4 is 5.32 Å². The van der Waals surface area contributed by atoms with Gasteiger partial charge in [0, 0.05) is 12.1 Å². The van der Waals surface area contributed by atoms with Gasteiger partial charge in [0.05, 0.1) is 21.7 Å². The number of benzene rings is 1. The topological polar surface area (TPSA) is 155 Å². The molecule has 0 aliphatic carbocycles. The number of amides is 1. The molecule has 0 aliphatic rings. The highest BCUT2D eigenvalue weighted by atomic mass is 35.5. The second-order valence-corrected chi connectivity index (χ2v) is 5.26. The average molecular weight is 384 g/mol.